The molecule has 6 rings (SSSR count). The number of methoxy groups -OCH3 is 2. The molecule has 55 heavy (non-hydrogen) atoms. The van der Waals surface area contributed by atoms with Gasteiger partial charge < -0.3 is 29.5 Å². The summed E-state index contributed by atoms with van der Waals surface area (Å²) in [6.45, 7) is 8.97. The first-order valence-corrected chi connectivity index (χ1v) is 19.0. The molecule has 0 aliphatic carbocycles. The Morgan fingerprint density at radius 2 is 1.84 bits per heavy atom. The number of fused-ring (bicyclic) bond motifs is 1. The van der Waals surface area contributed by atoms with Crippen molar-refractivity contribution in [3.8, 4) is 45.3 Å². The number of hydrogen-bond donors (Lipinski definition) is 2. The summed E-state index contributed by atoms with van der Waals surface area (Å²) in [5.74, 6) is -0.0731. The number of aliphatic hydroxyl groups is 1. The Hall–Kier alpha value is -4.49. The van der Waals surface area contributed by atoms with Crippen LogP contribution in [0.3, 0.4) is 0 Å². The first-order chi connectivity index (χ1) is 26.1. The van der Waals surface area contributed by atoms with Gasteiger partial charge in [0, 0.05) is 78.7 Å². The molecule has 4 heterocycles. The molecular weight excluding hydrogens is 748 g/mol. The van der Waals surface area contributed by atoms with Gasteiger partial charge in [0.1, 0.15) is 17.2 Å². The van der Waals surface area contributed by atoms with Crippen molar-refractivity contribution in [2.45, 2.75) is 77.8 Å². The van der Waals surface area contributed by atoms with Crippen LogP contribution in [0.15, 0.2) is 48.7 Å². The molecule has 2 aliphatic heterocycles. The smallest absolute Gasteiger partial charge is 0.410 e. The molecule has 0 bridgehead atoms. The number of ether oxygens (including phenoxy) is 3. The van der Waals surface area contributed by atoms with E-state index in [0.29, 0.717) is 53.3 Å². The molecule has 0 spiro atoms. The minimum atomic E-state index is -0.796. The third kappa shape index (κ3) is 9.15. The van der Waals surface area contributed by atoms with E-state index < -0.39 is 23.6 Å². The first kappa shape index (κ1) is 40.2. The summed E-state index contributed by atoms with van der Waals surface area (Å²) in [5, 5.41) is 13.5. The van der Waals surface area contributed by atoms with E-state index in [1.54, 1.807) is 59.2 Å². The van der Waals surface area contributed by atoms with Crippen LogP contribution < -0.4 is 14.8 Å². The Morgan fingerprint density at radius 1 is 1.09 bits per heavy atom. The Labute approximate surface area is 330 Å². The third-order valence-corrected chi connectivity index (χ3v) is 10.4. The fourth-order valence-electron chi connectivity index (χ4n) is 7.10. The van der Waals surface area contributed by atoms with E-state index in [0.717, 1.165) is 35.4 Å². The number of aromatic nitrogens is 2. The number of nitrogens with zero attached hydrogens (tertiary/aromatic N) is 4. The summed E-state index contributed by atoms with van der Waals surface area (Å²) in [6.07, 6.45) is 2.25. The molecule has 0 unspecified atom stereocenters. The maximum atomic E-state index is 16.2. The van der Waals surface area contributed by atoms with Crippen molar-refractivity contribution in [2.75, 3.05) is 33.9 Å². The number of benzene rings is 2. The van der Waals surface area contributed by atoms with E-state index in [9.17, 15) is 14.7 Å². The van der Waals surface area contributed by atoms with Crippen molar-refractivity contribution < 1.29 is 33.3 Å². The first-order valence-electron chi connectivity index (χ1n) is 18.2. The molecular formula is C41H46Cl2FN5O6. The van der Waals surface area contributed by atoms with Crippen LogP contribution in [0.1, 0.15) is 57.2 Å². The molecule has 14 heteroatoms. The second kappa shape index (κ2) is 16.7. The highest BCUT2D eigenvalue weighted by molar-refractivity contribution is 6.39. The summed E-state index contributed by atoms with van der Waals surface area (Å²) in [7, 11) is 3.01. The van der Waals surface area contributed by atoms with Gasteiger partial charge in [-0.15, -0.1) is 0 Å². The van der Waals surface area contributed by atoms with Gasteiger partial charge in [-0.3, -0.25) is 14.7 Å². The number of aliphatic hydroxyl groups excluding tert-OH is 1. The van der Waals surface area contributed by atoms with Crippen molar-refractivity contribution in [3.05, 3.63) is 81.2 Å². The molecule has 2 aromatic carbocycles. The number of rotatable bonds is 11. The van der Waals surface area contributed by atoms with Gasteiger partial charge in [0.25, 0.3) is 0 Å². The van der Waals surface area contributed by atoms with Crippen LogP contribution in [0.25, 0.3) is 33.6 Å². The Balaban J connectivity index is 1.32. The summed E-state index contributed by atoms with van der Waals surface area (Å²) in [6, 6.07) is 12.1. The minimum absolute atomic E-state index is 0.0277. The van der Waals surface area contributed by atoms with Gasteiger partial charge in [0.05, 0.1) is 53.9 Å². The average molecular weight is 795 g/mol. The van der Waals surface area contributed by atoms with E-state index in [2.05, 4.69) is 26.3 Å². The van der Waals surface area contributed by atoms with E-state index in [1.807, 2.05) is 12.1 Å². The lowest BCUT2D eigenvalue weighted by atomic mass is 9.93. The minimum Gasteiger partial charge on any atom is -0.496 e. The number of carbonyl (C=O) groups is 2. The topological polar surface area (TPSA) is 126 Å². The van der Waals surface area contributed by atoms with Crippen LogP contribution in [-0.4, -0.2) is 88.5 Å². The third-order valence-electron chi connectivity index (χ3n) is 9.60. The monoisotopic (exact) mass is 793 g/mol. The second-order valence-electron chi connectivity index (χ2n) is 15.0. The SMILES string of the molecule is COc1cc(-c2nccc(-c3cccc(-c4cc(F)c(CN(C[C@@H]5CCC(=O)N5)C(=O)OC(C)(C)C)c(OC)n4)c3Cl)c2Cl)cc2c1CN(C[C@@H](C)O)CC2. The van der Waals surface area contributed by atoms with Gasteiger partial charge >= 0.3 is 6.09 Å². The zero-order valence-electron chi connectivity index (χ0n) is 31.8. The van der Waals surface area contributed by atoms with Gasteiger partial charge in [-0.1, -0.05) is 41.4 Å². The standard InChI is InChI=1S/C41H46Cl2FN5O6/c1-23(50)19-48-15-13-24-16-25(17-34(53-5)30(24)21-48)38-37(43)28(12-14-45-38)27-8-7-9-29(36(27)42)33-18-32(44)31(39(47-33)54-6)22-49(40(52)55-41(2,3)4)20-26-10-11-35(51)46-26/h7-9,12,14,16-18,23,26,50H,10-11,13,15,19-22H2,1-6H3,(H,46,51)/t23-,26+/m1/s1. The summed E-state index contributed by atoms with van der Waals surface area (Å²) in [4.78, 5) is 38.0. The van der Waals surface area contributed by atoms with Gasteiger partial charge in [-0.05, 0) is 64.3 Å². The van der Waals surface area contributed by atoms with Crippen molar-refractivity contribution in [3.63, 3.8) is 0 Å². The average Bonchev–Trinajstić information content (AvgIpc) is 3.55. The number of carbonyl (C=O) groups excluding carboxylic acids is 2. The van der Waals surface area contributed by atoms with Crippen LogP contribution in [-0.2, 0) is 29.0 Å². The Kier molecular flexibility index (Phi) is 12.2. The molecule has 4 aromatic rings. The molecule has 2 amide bonds. The van der Waals surface area contributed by atoms with Gasteiger partial charge in [-0.2, -0.15) is 0 Å². The lowest BCUT2D eigenvalue weighted by molar-refractivity contribution is -0.119. The van der Waals surface area contributed by atoms with Gasteiger partial charge in [-0.25, -0.2) is 14.2 Å². The highest BCUT2D eigenvalue weighted by Crippen LogP contribution is 2.43. The van der Waals surface area contributed by atoms with Crippen LogP contribution in [0.5, 0.6) is 11.6 Å². The summed E-state index contributed by atoms with van der Waals surface area (Å²) < 4.78 is 33.2. The Morgan fingerprint density at radius 3 is 2.51 bits per heavy atom. The largest absolute Gasteiger partial charge is 0.496 e. The predicted octanol–water partition coefficient (Wildman–Crippen LogP) is 7.70. The molecule has 0 saturated carbocycles. The lowest BCUT2D eigenvalue weighted by Crippen LogP contribution is -2.44. The van der Waals surface area contributed by atoms with Crippen molar-refractivity contribution in [1.82, 2.24) is 25.1 Å². The Bertz CT molecular complexity index is 2070. The number of hydrogen-bond acceptors (Lipinski definition) is 9. The van der Waals surface area contributed by atoms with E-state index in [4.69, 9.17) is 37.4 Å². The summed E-state index contributed by atoms with van der Waals surface area (Å²) >= 11 is 14.2. The molecule has 2 N–H and O–H groups in total. The molecule has 1 fully saturated rings. The van der Waals surface area contributed by atoms with Crippen molar-refractivity contribution in [1.29, 1.82) is 0 Å². The number of halogens is 3. The van der Waals surface area contributed by atoms with Gasteiger partial charge in [0.2, 0.25) is 11.8 Å². The molecule has 2 aromatic heterocycles. The molecule has 0 radical (unpaired) electrons. The summed E-state index contributed by atoms with van der Waals surface area (Å²) in [5.41, 5.74) is 4.65. The zero-order chi connectivity index (χ0) is 39.6. The second-order valence-corrected chi connectivity index (χ2v) is 15.7. The van der Waals surface area contributed by atoms with Crippen LogP contribution >= 0.6 is 23.2 Å². The van der Waals surface area contributed by atoms with E-state index in [1.165, 1.54) is 18.1 Å². The van der Waals surface area contributed by atoms with Crippen LogP contribution in [0.2, 0.25) is 10.0 Å². The highest BCUT2D eigenvalue weighted by atomic mass is 35.5. The van der Waals surface area contributed by atoms with E-state index >= 15 is 4.39 Å². The molecule has 1 saturated heterocycles. The van der Waals surface area contributed by atoms with Crippen LogP contribution in [0, 0.1) is 5.82 Å². The quantitative estimate of drug-likeness (QED) is 0.157. The molecule has 11 nitrogen and oxygen atoms in total. The zero-order valence-corrected chi connectivity index (χ0v) is 33.4. The van der Waals surface area contributed by atoms with Crippen LogP contribution in [0.4, 0.5) is 9.18 Å². The maximum Gasteiger partial charge on any atom is 0.410 e. The van der Waals surface area contributed by atoms with Gasteiger partial charge in [0.15, 0.2) is 0 Å². The highest BCUT2D eigenvalue weighted by Gasteiger charge is 2.31. The molecule has 292 valence electrons. The van der Waals surface area contributed by atoms with Crippen molar-refractivity contribution in [2.24, 2.45) is 0 Å². The predicted molar refractivity (Wildman–Crippen MR) is 210 cm³/mol. The number of β-amino-alcohol motifs (C(OH)–C–C–N with tert-alkyl or cyclic N) is 1. The van der Waals surface area contributed by atoms with E-state index in [-0.39, 0.29) is 47.2 Å². The molecule has 2 aliphatic rings. The lowest BCUT2D eigenvalue weighted by Gasteiger charge is -2.31. The maximum absolute atomic E-state index is 16.2. The number of amides is 2. The number of nitrogens with one attached hydrogen (secondary N) is 1. The number of pyridine rings is 2. The fourth-order valence-corrected chi connectivity index (χ4v) is 7.74. The molecule has 2 atom stereocenters. The normalized spacial score (nSPS) is 16.3. The fraction of sp³-hybridized carbons (Fsp3) is 0.415. The van der Waals surface area contributed by atoms with Crippen molar-refractivity contribution >= 4 is 35.2 Å².